The fourth-order valence-corrected chi connectivity index (χ4v) is 36.1. The maximum absolute atomic E-state index is 2.88. The Kier molecular flexibility index (Phi) is 9.84. The Balaban J connectivity index is 1.46. The summed E-state index contributed by atoms with van der Waals surface area (Å²) in [6, 6.07) is 54.5. The van der Waals surface area contributed by atoms with Crippen molar-refractivity contribution in [1.82, 2.24) is 0 Å². The quantitative estimate of drug-likeness (QED) is 0.135. The predicted molar refractivity (Wildman–Crippen MR) is 229 cm³/mol. The first-order valence-electron chi connectivity index (χ1n) is 19.7. The third kappa shape index (κ3) is 6.77. The van der Waals surface area contributed by atoms with Crippen LogP contribution in [0.25, 0.3) is 28.3 Å². The van der Waals surface area contributed by atoms with Crippen LogP contribution in [0.15, 0.2) is 145 Å². The van der Waals surface area contributed by atoms with Crippen molar-refractivity contribution in [2.24, 2.45) is 0 Å². The van der Waals surface area contributed by atoms with Gasteiger partial charge in [-0.05, 0) is 0 Å². The normalized spacial score (nSPS) is 14.9. The second kappa shape index (κ2) is 14.4. The van der Waals surface area contributed by atoms with E-state index < -0.39 is 26.8 Å². The fourth-order valence-electron chi connectivity index (χ4n) is 9.20. The molecule has 0 saturated carbocycles. The first-order valence-corrected chi connectivity index (χ1v) is 28.3. The Morgan fingerprint density at radius 2 is 1.25 bits per heavy atom. The van der Waals surface area contributed by atoms with Crippen LogP contribution < -0.4 is 13.6 Å². The zero-order valence-corrected chi connectivity index (χ0v) is 36.2. The van der Waals surface area contributed by atoms with Crippen LogP contribution in [0.4, 0.5) is 0 Å². The van der Waals surface area contributed by atoms with Gasteiger partial charge in [0.25, 0.3) is 0 Å². The van der Waals surface area contributed by atoms with Crippen molar-refractivity contribution >= 4 is 25.6 Å². The summed E-state index contributed by atoms with van der Waals surface area (Å²) >= 11 is -2.88. The molecule has 1 unspecified atom stereocenters. The Bertz CT molecular complexity index is 2250. The molecule has 0 saturated heterocycles. The zero-order valence-electron chi connectivity index (χ0n) is 32.6. The monoisotopic (exact) mass is 783 g/mol. The van der Waals surface area contributed by atoms with E-state index in [4.69, 9.17) is 0 Å². The molecule has 0 N–H and O–H groups in total. The summed E-state index contributed by atoms with van der Waals surface area (Å²) < 4.78 is 2.30. The Hall–Kier alpha value is -3.84. The average molecular weight is 785 g/mol. The SMILES string of the molecule is CCCC1=Cc2c(-c3ccccc3)cccc2[CH]1[Zr]([c]1c(C(C)(C)C)ccc2c1Cc1cc(C(C)(C)C)ccc1-2)[SiH](c1ccccc1)c1ccccc1. The van der Waals surface area contributed by atoms with Gasteiger partial charge in [0.15, 0.2) is 0 Å². The maximum atomic E-state index is 2.66. The standard InChI is InChI=1S/C21H25.C18H17.C12H11Si.Zr/c1-20(2,3)16-7-9-18-14(12-16)11-15-13-17(21(4,5)6)8-10-19(15)18;1-2-7-14-12-16-10-6-11-17(18(16)13-14)15-8-4-3-5-9-15;1-3-7-11(8-4-1)13-12-9-5-2-6-10-12;/h7-10,12H,11H2,1-6H3;3-6,8-13H,2,7H2,1H3;1-10,13H;. The van der Waals surface area contributed by atoms with Crippen LogP contribution in [0, 0.1) is 0 Å². The topological polar surface area (TPSA) is 0 Å². The molecule has 0 fully saturated rings. The Morgan fingerprint density at radius 1 is 0.623 bits per heavy atom. The summed E-state index contributed by atoms with van der Waals surface area (Å²) in [4.78, 5) is 0. The predicted octanol–water partition coefficient (Wildman–Crippen LogP) is 11.2. The number of benzene rings is 6. The van der Waals surface area contributed by atoms with Crippen LogP contribution in [0.1, 0.15) is 98.3 Å². The van der Waals surface area contributed by atoms with Crippen molar-refractivity contribution < 1.29 is 20.9 Å². The van der Waals surface area contributed by atoms with Gasteiger partial charge in [-0.3, -0.25) is 0 Å². The number of fused-ring (bicyclic) bond motifs is 4. The zero-order chi connectivity index (χ0) is 36.9. The molecule has 8 rings (SSSR count). The Labute approximate surface area is 327 Å². The van der Waals surface area contributed by atoms with Crippen LogP contribution in [-0.2, 0) is 38.2 Å². The molecule has 2 heteroatoms. The molecule has 2 aliphatic carbocycles. The van der Waals surface area contributed by atoms with Crippen LogP contribution in [0.3, 0.4) is 0 Å². The van der Waals surface area contributed by atoms with E-state index in [-0.39, 0.29) is 10.8 Å². The van der Waals surface area contributed by atoms with Crippen molar-refractivity contribution in [1.29, 1.82) is 0 Å². The van der Waals surface area contributed by atoms with Crippen molar-refractivity contribution in [3.8, 4) is 22.3 Å². The summed E-state index contributed by atoms with van der Waals surface area (Å²) in [7, 11) is 0. The van der Waals surface area contributed by atoms with Crippen LogP contribution in [0.5, 0.6) is 0 Å². The molecule has 265 valence electrons. The summed E-state index contributed by atoms with van der Waals surface area (Å²) in [5.41, 5.74) is 16.8. The number of rotatable bonds is 8. The minimum absolute atomic E-state index is 0.0236. The van der Waals surface area contributed by atoms with Crippen molar-refractivity contribution in [2.45, 2.75) is 82.2 Å². The van der Waals surface area contributed by atoms with Gasteiger partial charge in [-0.2, -0.15) is 0 Å². The van der Waals surface area contributed by atoms with E-state index >= 15 is 0 Å². The molecule has 0 aromatic heterocycles. The molecule has 0 amide bonds. The van der Waals surface area contributed by atoms with Gasteiger partial charge in [0.05, 0.1) is 0 Å². The second-order valence-electron chi connectivity index (χ2n) is 17.3. The van der Waals surface area contributed by atoms with Gasteiger partial charge in [0.1, 0.15) is 0 Å². The van der Waals surface area contributed by atoms with Gasteiger partial charge >= 0.3 is 329 Å². The molecule has 6 aromatic carbocycles. The molecule has 0 heterocycles. The van der Waals surface area contributed by atoms with Gasteiger partial charge in [-0.15, -0.1) is 0 Å². The minimum atomic E-state index is -2.88. The molecule has 1 atom stereocenters. The molecule has 6 aromatic rings. The third-order valence-electron chi connectivity index (χ3n) is 11.7. The van der Waals surface area contributed by atoms with E-state index in [1.54, 1.807) is 32.6 Å². The van der Waals surface area contributed by atoms with Crippen molar-refractivity contribution in [2.75, 3.05) is 0 Å². The molecule has 0 bridgehead atoms. The summed E-state index contributed by atoms with van der Waals surface area (Å²) in [6.45, 7) is 16.9. The van der Waals surface area contributed by atoms with E-state index in [1.165, 1.54) is 38.9 Å². The summed E-state index contributed by atoms with van der Waals surface area (Å²) in [5, 5.41) is 3.22. The molecule has 53 heavy (non-hydrogen) atoms. The summed E-state index contributed by atoms with van der Waals surface area (Å²) in [5.74, 6) is -1.77. The average Bonchev–Trinajstić information content (AvgIpc) is 3.72. The van der Waals surface area contributed by atoms with E-state index in [0.717, 1.165) is 19.3 Å². The van der Waals surface area contributed by atoms with Gasteiger partial charge in [-0.1, -0.05) is 0 Å². The molecule has 0 aliphatic heterocycles. The van der Waals surface area contributed by atoms with Gasteiger partial charge in [-0.25, -0.2) is 0 Å². The second-order valence-corrected chi connectivity index (χ2v) is 32.4. The molecular weight excluding hydrogens is 732 g/mol. The number of hydrogen-bond donors (Lipinski definition) is 0. The number of hydrogen-bond acceptors (Lipinski definition) is 0. The van der Waals surface area contributed by atoms with Crippen LogP contribution in [0.2, 0.25) is 0 Å². The first kappa shape index (κ1) is 36.2. The molecule has 2 aliphatic rings. The first-order chi connectivity index (χ1) is 25.5. The molecule has 0 radical (unpaired) electrons. The summed E-state index contributed by atoms with van der Waals surface area (Å²) in [6.07, 6.45) is 6.02. The van der Waals surface area contributed by atoms with E-state index in [2.05, 4.69) is 194 Å². The fraction of sp³-hybridized carbons (Fsp3) is 0.255. The van der Waals surface area contributed by atoms with Crippen molar-refractivity contribution in [3.63, 3.8) is 0 Å². The molecular formula is C51H53SiZr. The van der Waals surface area contributed by atoms with Gasteiger partial charge < -0.3 is 0 Å². The third-order valence-corrected chi connectivity index (χ3v) is 33.6. The van der Waals surface area contributed by atoms with Gasteiger partial charge in [0, 0.05) is 0 Å². The van der Waals surface area contributed by atoms with E-state index in [1.807, 2.05) is 3.27 Å². The Morgan fingerprint density at radius 3 is 1.85 bits per heavy atom. The van der Waals surface area contributed by atoms with E-state index in [0.29, 0.717) is 3.63 Å². The van der Waals surface area contributed by atoms with Crippen molar-refractivity contribution in [3.05, 3.63) is 178 Å². The van der Waals surface area contributed by atoms with Crippen LogP contribution in [-0.4, -0.2) is 5.92 Å². The van der Waals surface area contributed by atoms with Crippen LogP contribution >= 0.6 is 0 Å². The molecule has 0 nitrogen and oxygen atoms in total. The number of allylic oxidation sites excluding steroid dienone is 1. The van der Waals surface area contributed by atoms with Gasteiger partial charge in [0.2, 0.25) is 0 Å². The van der Waals surface area contributed by atoms with E-state index in [9.17, 15) is 0 Å². The molecule has 0 spiro atoms.